The van der Waals surface area contributed by atoms with Gasteiger partial charge in [-0.05, 0) is 13.3 Å². The summed E-state index contributed by atoms with van der Waals surface area (Å²) in [4.78, 5) is 0.310. The van der Waals surface area contributed by atoms with Crippen LogP contribution in [0.5, 0.6) is 0 Å². The van der Waals surface area contributed by atoms with Crippen LogP contribution >= 0.6 is 0 Å². The largest absolute Gasteiger partial charge is 0.272 e. The molecule has 6 heteroatoms. The van der Waals surface area contributed by atoms with Crippen LogP contribution in [0.25, 0.3) is 0 Å². The van der Waals surface area contributed by atoms with Crippen LogP contribution in [0, 0.1) is 6.92 Å². The van der Waals surface area contributed by atoms with Gasteiger partial charge in [0.1, 0.15) is 4.90 Å². The fourth-order valence-corrected chi connectivity index (χ4v) is 3.30. The molecular weight excluding hydrogens is 226 g/mol. The summed E-state index contributed by atoms with van der Waals surface area (Å²) >= 11 is 0. The van der Waals surface area contributed by atoms with E-state index >= 15 is 0 Å². The number of aromatic nitrogens is 2. The molecule has 0 aliphatic carbocycles. The van der Waals surface area contributed by atoms with Crippen molar-refractivity contribution in [1.82, 2.24) is 14.1 Å². The zero-order valence-corrected chi connectivity index (χ0v) is 10.2. The second-order valence-corrected chi connectivity index (χ2v) is 5.75. The van der Waals surface area contributed by atoms with Crippen molar-refractivity contribution in [3.8, 4) is 0 Å². The Balaban J connectivity index is 2.39. The van der Waals surface area contributed by atoms with E-state index in [2.05, 4.69) is 5.10 Å². The van der Waals surface area contributed by atoms with Crippen LogP contribution < -0.4 is 0 Å². The predicted octanol–water partition coefficient (Wildman–Crippen LogP) is 0.679. The van der Waals surface area contributed by atoms with Crippen molar-refractivity contribution in [2.75, 3.05) is 13.1 Å². The van der Waals surface area contributed by atoms with Gasteiger partial charge in [0, 0.05) is 20.1 Å². The maximum Gasteiger partial charge on any atom is 0.246 e. The minimum absolute atomic E-state index is 0.310. The number of sulfonamides is 1. The van der Waals surface area contributed by atoms with Gasteiger partial charge in [-0.15, -0.1) is 0 Å². The average molecular weight is 241 g/mol. The summed E-state index contributed by atoms with van der Waals surface area (Å²) in [5.74, 6) is 0. The van der Waals surface area contributed by atoms with Gasteiger partial charge in [-0.25, -0.2) is 8.42 Å². The molecular formula is C10H15N3O2S. The van der Waals surface area contributed by atoms with E-state index in [9.17, 15) is 8.42 Å². The van der Waals surface area contributed by atoms with Crippen LogP contribution in [-0.4, -0.2) is 35.6 Å². The first kappa shape index (κ1) is 11.3. The molecule has 16 heavy (non-hydrogen) atoms. The van der Waals surface area contributed by atoms with Crippen LogP contribution in [0.4, 0.5) is 0 Å². The van der Waals surface area contributed by atoms with E-state index in [1.165, 1.54) is 10.5 Å². The molecule has 0 fully saturated rings. The van der Waals surface area contributed by atoms with Gasteiger partial charge in [-0.2, -0.15) is 9.40 Å². The standard InChI is InChI=1S/C10H15N3O2S/c1-9-10(8-11-12(9)2)16(14,15)13-6-4-3-5-7-13/h3-4,8H,5-7H2,1-2H3. The van der Waals surface area contributed by atoms with Crippen LogP contribution in [0.1, 0.15) is 12.1 Å². The van der Waals surface area contributed by atoms with Gasteiger partial charge in [-0.1, -0.05) is 12.2 Å². The van der Waals surface area contributed by atoms with Gasteiger partial charge in [0.2, 0.25) is 10.0 Å². The smallest absolute Gasteiger partial charge is 0.246 e. The molecule has 2 rings (SSSR count). The van der Waals surface area contributed by atoms with Crippen molar-refractivity contribution in [1.29, 1.82) is 0 Å². The second kappa shape index (κ2) is 4.03. The van der Waals surface area contributed by atoms with E-state index in [0.717, 1.165) is 6.42 Å². The summed E-state index contributed by atoms with van der Waals surface area (Å²) in [5.41, 5.74) is 0.676. The van der Waals surface area contributed by atoms with Gasteiger partial charge in [0.25, 0.3) is 0 Å². The van der Waals surface area contributed by atoms with Gasteiger partial charge in [-0.3, -0.25) is 4.68 Å². The third-order valence-electron chi connectivity index (χ3n) is 2.83. The molecule has 0 saturated carbocycles. The second-order valence-electron chi connectivity index (χ2n) is 3.84. The Bertz CT molecular complexity index is 516. The third kappa shape index (κ3) is 1.78. The molecule has 1 aliphatic rings. The minimum atomic E-state index is -3.37. The lowest BCUT2D eigenvalue weighted by molar-refractivity contribution is 0.437. The highest BCUT2D eigenvalue weighted by molar-refractivity contribution is 7.89. The van der Waals surface area contributed by atoms with Crippen molar-refractivity contribution in [3.05, 3.63) is 24.0 Å². The molecule has 0 N–H and O–H groups in total. The molecule has 0 saturated heterocycles. The van der Waals surface area contributed by atoms with E-state index < -0.39 is 10.0 Å². The molecule has 1 aliphatic heterocycles. The maximum absolute atomic E-state index is 12.3. The van der Waals surface area contributed by atoms with Gasteiger partial charge in [0.05, 0.1) is 11.9 Å². The topological polar surface area (TPSA) is 55.2 Å². The molecule has 0 bridgehead atoms. The van der Waals surface area contributed by atoms with Crippen LogP contribution in [-0.2, 0) is 17.1 Å². The number of aryl methyl sites for hydroxylation is 1. The SMILES string of the molecule is Cc1c(S(=O)(=O)N2CC=CCC2)cnn1C. The molecule has 0 spiro atoms. The highest BCUT2D eigenvalue weighted by Crippen LogP contribution is 2.20. The van der Waals surface area contributed by atoms with Crippen LogP contribution in [0.3, 0.4) is 0 Å². The fraction of sp³-hybridized carbons (Fsp3) is 0.500. The van der Waals surface area contributed by atoms with E-state index in [4.69, 9.17) is 0 Å². The van der Waals surface area contributed by atoms with Gasteiger partial charge in [0.15, 0.2) is 0 Å². The highest BCUT2D eigenvalue weighted by Gasteiger charge is 2.27. The molecule has 0 unspecified atom stereocenters. The summed E-state index contributed by atoms with van der Waals surface area (Å²) in [6.45, 7) is 2.77. The summed E-state index contributed by atoms with van der Waals surface area (Å²) in [7, 11) is -1.63. The fourth-order valence-electron chi connectivity index (χ4n) is 1.71. The Kier molecular flexibility index (Phi) is 2.86. The van der Waals surface area contributed by atoms with Crippen molar-refractivity contribution >= 4 is 10.0 Å². The Hall–Kier alpha value is -1.14. The summed E-state index contributed by atoms with van der Waals surface area (Å²) in [5, 5.41) is 3.97. The van der Waals surface area contributed by atoms with Crippen molar-refractivity contribution in [2.24, 2.45) is 7.05 Å². The number of hydrogen-bond donors (Lipinski definition) is 0. The minimum Gasteiger partial charge on any atom is -0.272 e. The predicted molar refractivity (Wildman–Crippen MR) is 60.5 cm³/mol. The summed E-state index contributed by atoms with van der Waals surface area (Å²) in [6.07, 6.45) is 6.08. The van der Waals surface area contributed by atoms with E-state index in [0.29, 0.717) is 23.7 Å². The molecule has 0 atom stereocenters. The average Bonchev–Trinajstić information content (AvgIpc) is 2.61. The van der Waals surface area contributed by atoms with E-state index in [-0.39, 0.29) is 0 Å². The quantitative estimate of drug-likeness (QED) is 0.715. The zero-order chi connectivity index (χ0) is 11.8. The molecule has 0 radical (unpaired) electrons. The first-order chi connectivity index (χ1) is 7.53. The summed E-state index contributed by atoms with van der Waals surface area (Å²) < 4.78 is 27.6. The van der Waals surface area contributed by atoms with Gasteiger partial charge >= 0.3 is 0 Å². The molecule has 88 valence electrons. The Morgan fingerprint density at radius 1 is 1.38 bits per heavy atom. The maximum atomic E-state index is 12.3. The first-order valence-corrected chi connectivity index (χ1v) is 6.61. The molecule has 2 heterocycles. The lowest BCUT2D eigenvalue weighted by atomic mass is 10.3. The Morgan fingerprint density at radius 3 is 2.62 bits per heavy atom. The number of nitrogens with zero attached hydrogens (tertiary/aromatic N) is 3. The third-order valence-corrected chi connectivity index (χ3v) is 4.80. The van der Waals surface area contributed by atoms with Gasteiger partial charge < -0.3 is 0 Å². The first-order valence-electron chi connectivity index (χ1n) is 5.17. The van der Waals surface area contributed by atoms with Crippen LogP contribution in [0.15, 0.2) is 23.2 Å². The molecule has 1 aromatic rings. The number of rotatable bonds is 2. The molecule has 1 aromatic heterocycles. The lowest BCUT2D eigenvalue weighted by Gasteiger charge is -2.22. The van der Waals surface area contributed by atoms with E-state index in [1.807, 2.05) is 12.2 Å². The monoisotopic (exact) mass is 241 g/mol. The molecule has 5 nitrogen and oxygen atoms in total. The van der Waals surface area contributed by atoms with E-state index in [1.54, 1.807) is 18.7 Å². The lowest BCUT2D eigenvalue weighted by Crippen LogP contribution is -2.34. The Morgan fingerprint density at radius 2 is 2.12 bits per heavy atom. The highest BCUT2D eigenvalue weighted by atomic mass is 32.2. The normalized spacial score (nSPS) is 17.9. The summed E-state index contributed by atoms with van der Waals surface area (Å²) in [6, 6.07) is 0. The molecule has 0 amide bonds. The van der Waals surface area contributed by atoms with Crippen molar-refractivity contribution < 1.29 is 8.42 Å². The van der Waals surface area contributed by atoms with Crippen molar-refractivity contribution in [2.45, 2.75) is 18.2 Å². The molecule has 0 aromatic carbocycles. The van der Waals surface area contributed by atoms with Crippen LogP contribution in [0.2, 0.25) is 0 Å². The zero-order valence-electron chi connectivity index (χ0n) is 9.42. The van der Waals surface area contributed by atoms with Crippen molar-refractivity contribution in [3.63, 3.8) is 0 Å². The number of hydrogen-bond acceptors (Lipinski definition) is 3. The Labute approximate surface area is 95.4 Å².